The molecule has 0 spiro atoms. The van der Waals surface area contributed by atoms with E-state index in [9.17, 15) is 9.90 Å². The number of benzene rings is 2. The maximum atomic E-state index is 12.7. The van der Waals surface area contributed by atoms with E-state index >= 15 is 0 Å². The van der Waals surface area contributed by atoms with Gasteiger partial charge in [-0.05, 0) is 35.9 Å². The highest BCUT2D eigenvalue weighted by molar-refractivity contribution is 8.27. The summed E-state index contributed by atoms with van der Waals surface area (Å²) >= 11 is 12.5. The van der Waals surface area contributed by atoms with E-state index < -0.39 is 0 Å². The van der Waals surface area contributed by atoms with Gasteiger partial charge in [0.1, 0.15) is 0 Å². The zero-order valence-electron chi connectivity index (χ0n) is 12.5. The molecule has 0 radical (unpaired) electrons. The second-order valence-corrected chi connectivity index (χ2v) is 6.99. The van der Waals surface area contributed by atoms with Crippen LogP contribution in [-0.4, -0.2) is 22.4 Å². The summed E-state index contributed by atoms with van der Waals surface area (Å²) in [6.07, 6.45) is 1.68. The normalized spacial score (nSPS) is 16.1. The van der Waals surface area contributed by atoms with Gasteiger partial charge in [0.2, 0.25) is 0 Å². The largest absolute Gasteiger partial charge is 0.503 e. The molecule has 4 nitrogen and oxygen atoms in total. The van der Waals surface area contributed by atoms with E-state index in [1.54, 1.807) is 18.2 Å². The smallest absolute Gasteiger partial charge is 0.270 e. The fourth-order valence-electron chi connectivity index (χ4n) is 2.25. The number of ether oxygens (including phenoxy) is 1. The quantitative estimate of drug-likeness (QED) is 0.632. The number of nitrogens with zero attached hydrogens (tertiary/aromatic N) is 1. The number of aromatic hydroxyl groups is 1. The highest BCUT2D eigenvalue weighted by atomic mass is 35.5. The molecule has 1 aliphatic heterocycles. The number of halogens is 1. The van der Waals surface area contributed by atoms with Crippen molar-refractivity contribution in [3.8, 4) is 11.5 Å². The van der Waals surface area contributed by atoms with Crippen LogP contribution in [-0.2, 0) is 4.79 Å². The van der Waals surface area contributed by atoms with Gasteiger partial charge in [0, 0.05) is 0 Å². The summed E-state index contributed by atoms with van der Waals surface area (Å²) in [5.41, 5.74) is 1.37. The lowest BCUT2D eigenvalue weighted by atomic mass is 10.1. The van der Waals surface area contributed by atoms with E-state index in [0.717, 1.165) is 5.69 Å². The Morgan fingerprint density at radius 3 is 2.67 bits per heavy atom. The molecule has 1 aliphatic rings. The summed E-state index contributed by atoms with van der Waals surface area (Å²) in [4.78, 5) is 14.6. The zero-order valence-corrected chi connectivity index (χ0v) is 14.9. The van der Waals surface area contributed by atoms with Gasteiger partial charge in [-0.1, -0.05) is 53.8 Å². The summed E-state index contributed by atoms with van der Waals surface area (Å²) in [5.74, 6) is -0.0835. The standard InChI is InChI=1S/C17H12ClNO3S2/c1-22-13-8-10(7-12(18)15(13)20)9-14-16(21)19(17(23)24-14)11-5-3-2-4-6-11/h2-9,20H,1H3. The molecular formula is C17H12ClNO3S2. The van der Waals surface area contributed by atoms with E-state index in [2.05, 4.69) is 0 Å². The predicted octanol–water partition coefficient (Wildman–Crippen LogP) is 4.46. The average Bonchev–Trinajstić information content (AvgIpc) is 2.85. The molecule has 0 atom stereocenters. The molecule has 1 amide bonds. The zero-order chi connectivity index (χ0) is 17.3. The van der Waals surface area contributed by atoms with E-state index in [0.29, 0.717) is 14.8 Å². The van der Waals surface area contributed by atoms with Crippen LogP contribution in [0, 0.1) is 0 Å². The fourth-order valence-corrected chi connectivity index (χ4v) is 3.77. The first kappa shape index (κ1) is 16.8. The number of hydrogen-bond acceptors (Lipinski definition) is 5. The van der Waals surface area contributed by atoms with Gasteiger partial charge in [0.05, 0.1) is 22.7 Å². The second-order valence-electron chi connectivity index (χ2n) is 4.91. The van der Waals surface area contributed by atoms with Crippen molar-refractivity contribution in [2.24, 2.45) is 0 Å². The number of thioether (sulfide) groups is 1. The van der Waals surface area contributed by atoms with Gasteiger partial charge in [0.15, 0.2) is 15.8 Å². The van der Waals surface area contributed by atoms with Crippen molar-refractivity contribution in [1.29, 1.82) is 0 Å². The maximum absolute atomic E-state index is 12.7. The number of carbonyl (C=O) groups excluding carboxylic acids is 1. The molecule has 0 bridgehead atoms. The molecule has 1 heterocycles. The van der Waals surface area contributed by atoms with Crippen LogP contribution in [0.25, 0.3) is 6.08 Å². The first-order chi connectivity index (χ1) is 11.5. The van der Waals surface area contributed by atoms with Crippen molar-refractivity contribution in [2.45, 2.75) is 0 Å². The van der Waals surface area contributed by atoms with Crippen LogP contribution in [0.15, 0.2) is 47.4 Å². The van der Waals surface area contributed by atoms with Crippen LogP contribution in [0.5, 0.6) is 11.5 Å². The molecule has 0 aliphatic carbocycles. The van der Waals surface area contributed by atoms with Crippen LogP contribution >= 0.6 is 35.6 Å². The van der Waals surface area contributed by atoms with Crippen LogP contribution in [0.3, 0.4) is 0 Å². The van der Waals surface area contributed by atoms with Crippen molar-refractivity contribution < 1.29 is 14.6 Å². The van der Waals surface area contributed by atoms with Gasteiger partial charge in [-0.25, -0.2) is 0 Å². The molecule has 0 unspecified atom stereocenters. The molecule has 122 valence electrons. The average molecular weight is 378 g/mol. The first-order valence-electron chi connectivity index (χ1n) is 6.91. The van der Waals surface area contributed by atoms with E-state index in [4.69, 9.17) is 28.6 Å². The number of phenols is 1. The number of thiocarbonyl (C=S) groups is 1. The molecular weight excluding hydrogens is 366 g/mol. The molecule has 1 saturated heterocycles. The molecule has 3 rings (SSSR count). The number of hydrogen-bond donors (Lipinski definition) is 1. The highest BCUT2D eigenvalue weighted by Gasteiger charge is 2.33. The van der Waals surface area contributed by atoms with Crippen molar-refractivity contribution in [1.82, 2.24) is 0 Å². The lowest BCUT2D eigenvalue weighted by Crippen LogP contribution is -2.27. The Kier molecular flexibility index (Phi) is 4.80. The molecule has 2 aromatic rings. The molecule has 7 heteroatoms. The van der Waals surface area contributed by atoms with Gasteiger partial charge in [-0.15, -0.1) is 0 Å². The topological polar surface area (TPSA) is 49.8 Å². The van der Waals surface area contributed by atoms with Crippen LogP contribution < -0.4 is 9.64 Å². The monoisotopic (exact) mass is 377 g/mol. The number of carbonyl (C=O) groups is 1. The lowest BCUT2D eigenvalue weighted by Gasteiger charge is -2.13. The van der Waals surface area contributed by atoms with Gasteiger partial charge in [0.25, 0.3) is 5.91 Å². The Labute approximate surface area is 153 Å². The van der Waals surface area contributed by atoms with Crippen LogP contribution in [0.4, 0.5) is 5.69 Å². The number of para-hydroxylation sites is 1. The van der Waals surface area contributed by atoms with Gasteiger partial charge in [-0.2, -0.15) is 0 Å². The van der Waals surface area contributed by atoms with Gasteiger partial charge in [-0.3, -0.25) is 9.69 Å². The predicted molar refractivity (Wildman–Crippen MR) is 102 cm³/mol. The SMILES string of the molecule is COc1cc(C=C2SC(=S)N(c3ccccc3)C2=O)cc(Cl)c1O. The van der Waals surface area contributed by atoms with Crippen molar-refractivity contribution >= 4 is 57.6 Å². The summed E-state index contributed by atoms with van der Waals surface area (Å²) in [5, 5.41) is 9.94. The summed E-state index contributed by atoms with van der Waals surface area (Å²) in [6, 6.07) is 12.4. The van der Waals surface area contributed by atoms with E-state index in [1.807, 2.05) is 30.3 Å². The minimum Gasteiger partial charge on any atom is -0.503 e. The molecule has 2 aromatic carbocycles. The highest BCUT2D eigenvalue weighted by Crippen LogP contribution is 2.39. The molecule has 1 fully saturated rings. The Morgan fingerprint density at radius 2 is 2.00 bits per heavy atom. The number of amides is 1. The summed E-state index contributed by atoms with van der Waals surface area (Å²) in [6.45, 7) is 0. The van der Waals surface area contributed by atoms with Crippen molar-refractivity contribution in [3.05, 3.63) is 58.0 Å². The first-order valence-corrected chi connectivity index (χ1v) is 8.51. The number of anilines is 1. The fraction of sp³-hybridized carbons (Fsp3) is 0.0588. The number of rotatable bonds is 3. The summed E-state index contributed by atoms with van der Waals surface area (Å²) < 4.78 is 5.54. The van der Waals surface area contributed by atoms with Gasteiger partial charge < -0.3 is 9.84 Å². The molecule has 1 N–H and O–H groups in total. The van der Waals surface area contributed by atoms with E-state index in [-0.39, 0.29) is 22.4 Å². The second kappa shape index (κ2) is 6.84. The lowest BCUT2D eigenvalue weighted by molar-refractivity contribution is -0.113. The Hall–Kier alpha value is -2.02. The molecule has 0 aromatic heterocycles. The van der Waals surface area contributed by atoms with E-state index in [1.165, 1.54) is 23.8 Å². The molecule has 24 heavy (non-hydrogen) atoms. The third-order valence-electron chi connectivity index (χ3n) is 3.38. The van der Waals surface area contributed by atoms with Crippen molar-refractivity contribution in [3.63, 3.8) is 0 Å². The number of methoxy groups -OCH3 is 1. The summed E-state index contributed by atoms with van der Waals surface area (Å²) in [7, 11) is 1.43. The maximum Gasteiger partial charge on any atom is 0.270 e. The van der Waals surface area contributed by atoms with Crippen molar-refractivity contribution in [2.75, 3.05) is 12.0 Å². The molecule has 0 saturated carbocycles. The Morgan fingerprint density at radius 1 is 1.29 bits per heavy atom. The van der Waals surface area contributed by atoms with Crippen LogP contribution in [0.2, 0.25) is 5.02 Å². The number of phenolic OH excluding ortho intramolecular Hbond substituents is 1. The third-order valence-corrected chi connectivity index (χ3v) is 4.97. The minimum absolute atomic E-state index is 0.131. The Bertz CT molecular complexity index is 852. The third kappa shape index (κ3) is 3.13. The Balaban J connectivity index is 1.97. The van der Waals surface area contributed by atoms with Crippen LogP contribution in [0.1, 0.15) is 5.56 Å². The minimum atomic E-state index is -0.195. The van der Waals surface area contributed by atoms with Gasteiger partial charge >= 0.3 is 0 Å².